The van der Waals surface area contributed by atoms with Crippen LogP contribution in [0.1, 0.15) is 33.9 Å². The summed E-state index contributed by atoms with van der Waals surface area (Å²) in [5.41, 5.74) is 3.72. The predicted molar refractivity (Wildman–Crippen MR) is 132 cm³/mol. The van der Waals surface area contributed by atoms with Gasteiger partial charge in [0, 0.05) is 6.42 Å². The summed E-state index contributed by atoms with van der Waals surface area (Å²) in [6.07, 6.45) is 3.53. The van der Waals surface area contributed by atoms with Crippen LogP contribution in [0.4, 0.5) is 0 Å². The Balaban J connectivity index is 1.30. The standard InChI is InChI=1S/C27H23N5O4/c1-35-23-13-9-20(10-14-23)25-15-24(19-5-3-2-4-6-19)30-32(25)26(33)16-36-27(34)21-7-11-22(12-8-21)31-18-28-17-29-31/h2-14,17-18,25H,15-16H2,1H3/t25-/m1/s1. The molecule has 0 unspecified atom stereocenters. The van der Waals surface area contributed by atoms with Crippen LogP contribution in [0.15, 0.2) is 96.6 Å². The number of hydrogen-bond acceptors (Lipinski definition) is 7. The number of esters is 1. The number of amides is 1. The Kier molecular flexibility index (Phi) is 6.53. The van der Waals surface area contributed by atoms with Crippen molar-refractivity contribution in [1.82, 2.24) is 19.8 Å². The number of aromatic nitrogens is 3. The first kappa shape index (κ1) is 23.0. The van der Waals surface area contributed by atoms with Crippen LogP contribution in [0, 0.1) is 0 Å². The van der Waals surface area contributed by atoms with E-state index >= 15 is 0 Å². The molecule has 0 bridgehead atoms. The smallest absolute Gasteiger partial charge is 0.338 e. The Morgan fingerprint density at radius 1 is 0.972 bits per heavy atom. The summed E-state index contributed by atoms with van der Waals surface area (Å²) in [6, 6.07) is 23.6. The monoisotopic (exact) mass is 481 g/mol. The van der Waals surface area contributed by atoms with Crippen LogP contribution in [0.25, 0.3) is 5.69 Å². The lowest BCUT2D eigenvalue weighted by Gasteiger charge is -2.22. The van der Waals surface area contributed by atoms with Gasteiger partial charge in [-0.05, 0) is 47.5 Å². The molecule has 5 rings (SSSR count). The molecule has 9 heteroatoms. The average Bonchev–Trinajstić information content (AvgIpc) is 3.63. The lowest BCUT2D eigenvalue weighted by Crippen LogP contribution is -2.31. The molecule has 2 heterocycles. The van der Waals surface area contributed by atoms with Gasteiger partial charge in [0.15, 0.2) is 6.61 Å². The van der Waals surface area contributed by atoms with Gasteiger partial charge in [-0.3, -0.25) is 4.79 Å². The summed E-state index contributed by atoms with van der Waals surface area (Å²) in [5, 5.41) is 10.1. The van der Waals surface area contributed by atoms with Crippen LogP contribution in [0.5, 0.6) is 5.75 Å². The molecular formula is C27H23N5O4. The van der Waals surface area contributed by atoms with Crippen molar-refractivity contribution in [3.63, 3.8) is 0 Å². The number of hydrazone groups is 1. The van der Waals surface area contributed by atoms with E-state index < -0.39 is 18.5 Å². The zero-order chi connectivity index (χ0) is 24.9. The molecule has 9 nitrogen and oxygen atoms in total. The fourth-order valence-corrected chi connectivity index (χ4v) is 4.00. The van der Waals surface area contributed by atoms with Crippen molar-refractivity contribution in [2.45, 2.75) is 12.5 Å². The molecule has 1 amide bonds. The van der Waals surface area contributed by atoms with E-state index in [-0.39, 0.29) is 6.04 Å². The van der Waals surface area contributed by atoms with Crippen LogP contribution in [-0.4, -0.2) is 51.1 Å². The molecule has 0 fully saturated rings. The van der Waals surface area contributed by atoms with Crippen LogP contribution in [0.3, 0.4) is 0 Å². The van der Waals surface area contributed by atoms with Gasteiger partial charge in [0.1, 0.15) is 18.4 Å². The van der Waals surface area contributed by atoms with Crippen LogP contribution in [-0.2, 0) is 9.53 Å². The molecule has 1 aliphatic rings. The first-order valence-electron chi connectivity index (χ1n) is 11.3. The summed E-state index contributed by atoms with van der Waals surface area (Å²) in [6.45, 7) is -0.429. The van der Waals surface area contributed by atoms with Crippen molar-refractivity contribution < 1.29 is 19.1 Å². The molecule has 180 valence electrons. The third kappa shape index (κ3) is 4.85. The van der Waals surface area contributed by atoms with E-state index in [9.17, 15) is 9.59 Å². The Hall–Kier alpha value is -4.79. The maximum atomic E-state index is 13.2. The van der Waals surface area contributed by atoms with Crippen molar-refractivity contribution in [2.75, 3.05) is 13.7 Å². The Bertz CT molecular complexity index is 1370. The van der Waals surface area contributed by atoms with Gasteiger partial charge in [-0.25, -0.2) is 19.5 Å². The largest absolute Gasteiger partial charge is 0.497 e. The summed E-state index contributed by atoms with van der Waals surface area (Å²) in [4.78, 5) is 29.7. The first-order valence-corrected chi connectivity index (χ1v) is 11.3. The minimum Gasteiger partial charge on any atom is -0.497 e. The second-order valence-electron chi connectivity index (χ2n) is 8.11. The van der Waals surface area contributed by atoms with Crippen LogP contribution in [0.2, 0.25) is 0 Å². The highest BCUT2D eigenvalue weighted by molar-refractivity contribution is 6.03. The van der Waals surface area contributed by atoms with Gasteiger partial charge in [-0.2, -0.15) is 10.2 Å². The SMILES string of the molecule is COc1ccc([C@H]2CC(c3ccccc3)=NN2C(=O)COC(=O)c2ccc(-n3cncn3)cc2)cc1. The topological polar surface area (TPSA) is 98.9 Å². The molecule has 1 aliphatic heterocycles. The fourth-order valence-electron chi connectivity index (χ4n) is 4.00. The summed E-state index contributed by atoms with van der Waals surface area (Å²) in [5.74, 6) is -0.280. The van der Waals surface area contributed by atoms with Crippen molar-refractivity contribution in [3.05, 3.63) is 108 Å². The quantitative estimate of drug-likeness (QED) is 0.372. The lowest BCUT2D eigenvalue weighted by atomic mass is 9.98. The van der Waals surface area contributed by atoms with E-state index in [1.165, 1.54) is 11.3 Å². The van der Waals surface area contributed by atoms with Crippen molar-refractivity contribution in [3.8, 4) is 11.4 Å². The maximum Gasteiger partial charge on any atom is 0.338 e. The normalized spacial score (nSPS) is 14.9. The minimum absolute atomic E-state index is 0.320. The maximum absolute atomic E-state index is 13.2. The van der Waals surface area contributed by atoms with Gasteiger partial charge in [0.2, 0.25) is 0 Å². The predicted octanol–water partition coefficient (Wildman–Crippen LogP) is 3.81. The number of hydrogen-bond donors (Lipinski definition) is 0. The Labute approximate surface area is 207 Å². The van der Waals surface area contributed by atoms with Crippen molar-refractivity contribution in [1.29, 1.82) is 0 Å². The van der Waals surface area contributed by atoms with Gasteiger partial charge >= 0.3 is 5.97 Å². The molecule has 0 radical (unpaired) electrons. The van der Waals surface area contributed by atoms with Gasteiger partial charge < -0.3 is 9.47 Å². The molecule has 0 saturated carbocycles. The zero-order valence-electron chi connectivity index (χ0n) is 19.5. The summed E-state index contributed by atoms with van der Waals surface area (Å²) in [7, 11) is 1.60. The van der Waals surface area contributed by atoms with Crippen molar-refractivity contribution >= 4 is 17.6 Å². The van der Waals surface area contributed by atoms with Gasteiger partial charge in [0.05, 0.1) is 30.1 Å². The van der Waals surface area contributed by atoms with Gasteiger partial charge in [-0.15, -0.1) is 0 Å². The van der Waals surface area contributed by atoms with E-state index in [1.807, 2.05) is 54.6 Å². The highest BCUT2D eigenvalue weighted by atomic mass is 16.5. The van der Waals surface area contributed by atoms with E-state index in [2.05, 4.69) is 15.2 Å². The molecular weight excluding hydrogens is 458 g/mol. The van der Waals surface area contributed by atoms with Crippen molar-refractivity contribution in [2.24, 2.45) is 5.10 Å². The van der Waals surface area contributed by atoms with Crippen LogP contribution >= 0.6 is 0 Å². The molecule has 0 saturated heterocycles. The summed E-state index contributed by atoms with van der Waals surface area (Å²) < 4.78 is 12.2. The number of ether oxygens (including phenoxy) is 2. The number of rotatable bonds is 7. The fraction of sp³-hybridized carbons (Fsp3) is 0.148. The molecule has 4 aromatic rings. The zero-order valence-corrected chi connectivity index (χ0v) is 19.5. The van der Waals surface area contributed by atoms with Crippen LogP contribution < -0.4 is 4.74 Å². The molecule has 1 atom stereocenters. The molecule has 1 aromatic heterocycles. The molecule has 0 spiro atoms. The Morgan fingerprint density at radius 3 is 2.39 bits per heavy atom. The average molecular weight is 482 g/mol. The lowest BCUT2D eigenvalue weighted by molar-refractivity contribution is -0.136. The number of methoxy groups -OCH3 is 1. The number of carbonyl (C=O) groups excluding carboxylic acids is 2. The Morgan fingerprint density at radius 2 is 1.72 bits per heavy atom. The summed E-state index contributed by atoms with van der Waals surface area (Å²) >= 11 is 0. The second-order valence-corrected chi connectivity index (χ2v) is 8.11. The molecule has 0 N–H and O–H groups in total. The first-order chi connectivity index (χ1) is 17.6. The van der Waals surface area contributed by atoms with E-state index in [0.717, 1.165) is 28.3 Å². The molecule has 3 aromatic carbocycles. The number of nitrogens with zero attached hydrogens (tertiary/aromatic N) is 5. The van der Waals surface area contributed by atoms with Gasteiger partial charge in [0.25, 0.3) is 5.91 Å². The van der Waals surface area contributed by atoms with E-state index in [4.69, 9.17) is 9.47 Å². The third-order valence-electron chi connectivity index (χ3n) is 5.89. The number of carbonyl (C=O) groups is 2. The highest BCUT2D eigenvalue weighted by Gasteiger charge is 2.33. The van der Waals surface area contributed by atoms with E-state index in [0.29, 0.717) is 12.0 Å². The number of benzene rings is 3. The third-order valence-corrected chi connectivity index (χ3v) is 5.89. The van der Waals surface area contributed by atoms with E-state index in [1.54, 1.807) is 42.4 Å². The second kappa shape index (κ2) is 10.2. The molecule has 0 aliphatic carbocycles. The molecule has 36 heavy (non-hydrogen) atoms. The minimum atomic E-state index is -0.596. The van der Waals surface area contributed by atoms with Gasteiger partial charge in [-0.1, -0.05) is 42.5 Å². The highest BCUT2D eigenvalue weighted by Crippen LogP contribution is 2.33.